The number of hydrogen-bond donors (Lipinski definition) is 1. The van der Waals surface area contributed by atoms with Crippen LogP contribution in [-0.2, 0) is 13.1 Å². The van der Waals surface area contributed by atoms with E-state index >= 15 is 0 Å². The Morgan fingerprint density at radius 1 is 1.29 bits per heavy atom. The highest BCUT2D eigenvalue weighted by molar-refractivity contribution is 5.04. The number of rotatable bonds is 5. The second-order valence-corrected chi connectivity index (χ2v) is 4.31. The van der Waals surface area contributed by atoms with E-state index in [2.05, 4.69) is 33.7 Å². The summed E-state index contributed by atoms with van der Waals surface area (Å²) >= 11 is 0. The van der Waals surface area contributed by atoms with E-state index in [4.69, 9.17) is 0 Å². The zero-order valence-corrected chi connectivity index (χ0v) is 10.3. The molecule has 2 aromatic heterocycles. The van der Waals surface area contributed by atoms with Gasteiger partial charge in [-0.2, -0.15) is 0 Å². The van der Waals surface area contributed by atoms with Crippen molar-refractivity contribution in [1.29, 1.82) is 0 Å². The summed E-state index contributed by atoms with van der Waals surface area (Å²) in [7, 11) is 0. The number of pyridine rings is 1. The van der Waals surface area contributed by atoms with Gasteiger partial charge in [-0.15, -0.1) is 0 Å². The van der Waals surface area contributed by atoms with E-state index in [1.54, 1.807) is 0 Å². The highest BCUT2D eigenvalue weighted by Gasteiger charge is 2.04. The summed E-state index contributed by atoms with van der Waals surface area (Å²) in [5.74, 6) is 0. The first-order valence-electron chi connectivity index (χ1n) is 5.88. The molecule has 0 saturated carbocycles. The second kappa shape index (κ2) is 5.59. The average Bonchev–Trinajstić information content (AvgIpc) is 2.79. The maximum absolute atomic E-state index is 4.27. The maximum Gasteiger partial charge on any atom is 0.0951 e. The molecular formula is C13H18N4. The molecule has 0 saturated heterocycles. The van der Waals surface area contributed by atoms with Gasteiger partial charge in [0.2, 0.25) is 0 Å². The van der Waals surface area contributed by atoms with Crippen LogP contribution in [0, 0.1) is 0 Å². The van der Waals surface area contributed by atoms with Crippen molar-refractivity contribution in [2.45, 2.75) is 33.0 Å². The summed E-state index contributed by atoms with van der Waals surface area (Å²) in [6, 6.07) is 6.40. The Morgan fingerprint density at radius 2 is 2.18 bits per heavy atom. The van der Waals surface area contributed by atoms with Gasteiger partial charge in [0.15, 0.2) is 0 Å². The molecule has 0 aliphatic heterocycles. The summed E-state index contributed by atoms with van der Waals surface area (Å²) in [5, 5.41) is 3.38. The number of imidazole rings is 1. The third-order valence-electron chi connectivity index (χ3n) is 2.64. The van der Waals surface area contributed by atoms with Crippen LogP contribution in [0.3, 0.4) is 0 Å². The predicted molar refractivity (Wildman–Crippen MR) is 67.4 cm³/mol. The minimum Gasteiger partial charge on any atom is -0.331 e. The highest BCUT2D eigenvalue weighted by Crippen LogP contribution is 2.08. The first-order chi connectivity index (χ1) is 8.27. The molecule has 0 unspecified atom stereocenters. The summed E-state index contributed by atoms with van der Waals surface area (Å²) in [5.41, 5.74) is 2.26. The third kappa shape index (κ3) is 3.14. The second-order valence-electron chi connectivity index (χ2n) is 4.31. The van der Waals surface area contributed by atoms with Gasteiger partial charge in [0.05, 0.1) is 17.7 Å². The van der Waals surface area contributed by atoms with Crippen molar-refractivity contribution in [3.05, 3.63) is 48.3 Å². The Morgan fingerprint density at radius 3 is 2.88 bits per heavy atom. The Hall–Kier alpha value is -1.68. The molecule has 0 aliphatic carbocycles. The highest BCUT2D eigenvalue weighted by atomic mass is 15.1. The molecule has 1 N–H and O–H groups in total. The van der Waals surface area contributed by atoms with Crippen molar-refractivity contribution in [2.75, 3.05) is 0 Å². The average molecular weight is 230 g/mol. The van der Waals surface area contributed by atoms with Gasteiger partial charge < -0.3 is 9.88 Å². The molecule has 0 spiro atoms. The van der Waals surface area contributed by atoms with Crippen LogP contribution in [0.15, 0.2) is 36.9 Å². The summed E-state index contributed by atoms with van der Waals surface area (Å²) < 4.78 is 2.17. The number of nitrogens with zero attached hydrogens (tertiary/aromatic N) is 3. The van der Waals surface area contributed by atoms with Crippen LogP contribution in [-0.4, -0.2) is 14.5 Å². The van der Waals surface area contributed by atoms with Crippen LogP contribution >= 0.6 is 0 Å². The summed E-state index contributed by atoms with van der Waals surface area (Å²) in [6.07, 6.45) is 5.60. The molecule has 0 amide bonds. The monoisotopic (exact) mass is 230 g/mol. The summed E-state index contributed by atoms with van der Waals surface area (Å²) in [4.78, 5) is 8.45. The van der Waals surface area contributed by atoms with Gasteiger partial charge in [0.1, 0.15) is 0 Å². The molecule has 0 radical (unpaired) electrons. The molecule has 0 aromatic carbocycles. The van der Waals surface area contributed by atoms with Crippen molar-refractivity contribution in [1.82, 2.24) is 19.9 Å². The Labute approximate surface area is 102 Å². The zero-order chi connectivity index (χ0) is 12.1. The van der Waals surface area contributed by atoms with Gasteiger partial charge in [-0.25, -0.2) is 4.98 Å². The van der Waals surface area contributed by atoms with Crippen molar-refractivity contribution in [3.63, 3.8) is 0 Å². The van der Waals surface area contributed by atoms with Crippen molar-refractivity contribution >= 4 is 0 Å². The third-order valence-corrected chi connectivity index (χ3v) is 2.64. The van der Waals surface area contributed by atoms with E-state index in [9.17, 15) is 0 Å². The van der Waals surface area contributed by atoms with Crippen LogP contribution in [0.5, 0.6) is 0 Å². The molecule has 2 aromatic rings. The van der Waals surface area contributed by atoms with Gasteiger partial charge in [-0.1, -0.05) is 6.07 Å². The first-order valence-corrected chi connectivity index (χ1v) is 5.88. The van der Waals surface area contributed by atoms with Gasteiger partial charge >= 0.3 is 0 Å². The molecule has 90 valence electrons. The first kappa shape index (κ1) is 11.8. The fourth-order valence-electron chi connectivity index (χ4n) is 1.76. The van der Waals surface area contributed by atoms with E-state index in [0.29, 0.717) is 6.04 Å². The topological polar surface area (TPSA) is 42.7 Å². The fraction of sp³-hybridized carbons (Fsp3) is 0.385. The van der Waals surface area contributed by atoms with Crippen LogP contribution < -0.4 is 5.32 Å². The lowest BCUT2D eigenvalue weighted by Gasteiger charge is -2.12. The van der Waals surface area contributed by atoms with E-state index in [0.717, 1.165) is 18.8 Å². The van der Waals surface area contributed by atoms with Crippen LogP contribution in [0.4, 0.5) is 0 Å². The molecule has 17 heavy (non-hydrogen) atoms. The van der Waals surface area contributed by atoms with E-state index in [-0.39, 0.29) is 0 Å². The van der Waals surface area contributed by atoms with Crippen molar-refractivity contribution in [3.8, 4) is 0 Å². The zero-order valence-electron chi connectivity index (χ0n) is 10.3. The molecule has 0 fully saturated rings. The molecule has 4 heteroatoms. The molecule has 2 rings (SSSR count). The minimum absolute atomic E-state index is 0.448. The van der Waals surface area contributed by atoms with E-state index < -0.39 is 0 Å². The lowest BCUT2D eigenvalue weighted by Crippen LogP contribution is -2.17. The number of hydrogen-bond acceptors (Lipinski definition) is 3. The van der Waals surface area contributed by atoms with E-state index in [1.165, 1.54) is 5.69 Å². The minimum atomic E-state index is 0.448. The number of aromatic nitrogens is 3. The van der Waals surface area contributed by atoms with Crippen LogP contribution in [0.2, 0.25) is 0 Å². The fourth-order valence-corrected chi connectivity index (χ4v) is 1.76. The number of nitrogens with one attached hydrogen (secondary N) is 1. The maximum atomic E-state index is 4.27. The molecule has 2 heterocycles. The van der Waals surface area contributed by atoms with Crippen molar-refractivity contribution in [2.24, 2.45) is 0 Å². The summed E-state index contributed by atoms with van der Waals surface area (Å²) in [6.45, 7) is 5.91. The van der Waals surface area contributed by atoms with Crippen molar-refractivity contribution < 1.29 is 0 Å². The lowest BCUT2D eigenvalue weighted by molar-refractivity contribution is 0.549. The van der Waals surface area contributed by atoms with Gasteiger partial charge in [0.25, 0.3) is 0 Å². The Kier molecular flexibility index (Phi) is 3.88. The standard InChI is InChI=1S/C13H18N4/c1-11(2)17-10-15-9-13(17)8-14-7-12-5-3-4-6-16-12/h3-6,9-11,14H,7-8H2,1-2H3. The molecule has 0 atom stereocenters. The molecular weight excluding hydrogens is 212 g/mol. The van der Waals surface area contributed by atoms with Gasteiger partial charge in [-0.05, 0) is 26.0 Å². The quantitative estimate of drug-likeness (QED) is 0.855. The molecule has 0 aliphatic rings. The molecule has 4 nitrogen and oxygen atoms in total. The Balaban J connectivity index is 1.88. The lowest BCUT2D eigenvalue weighted by atomic mass is 10.3. The largest absolute Gasteiger partial charge is 0.331 e. The van der Waals surface area contributed by atoms with E-state index in [1.807, 2.05) is 36.9 Å². The normalized spacial score (nSPS) is 11.0. The van der Waals surface area contributed by atoms with Crippen LogP contribution in [0.1, 0.15) is 31.3 Å². The van der Waals surface area contributed by atoms with Crippen LogP contribution in [0.25, 0.3) is 0 Å². The SMILES string of the molecule is CC(C)n1cncc1CNCc1ccccn1. The predicted octanol–water partition coefficient (Wildman–Crippen LogP) is 2.15. The molecule has 0 bridgehead atoms. The Bertz CT molecular complexity index is 447. The van der Waals surface area contributed by atoms with Gasteiger partial charge in [0, 0.05) is 31.5 Å². The van der Waals surface area contributed by atoms with Gasteiger partial charge in [-0.3, -0.25) is 4.98 Å². The smallest absolute Gasteiger partial charge is 0.0951 e.